The number of aromatic nitrogens is 1. The van der Waals surface area contributed by atoms with E-state index in [-0.39, 0.29) is 12.2 Å². The van der Waals surface area contributed by atoms with Gasteiger partial charge in [0.05, 0.1) is 16.6 Å². The van der Waals surface area contributed by atoms with E-state index in [4.69, 9.17) is 9.47 Å². The molecule has 1 aliphatic rings. The summed E-state index contributed by atoms with van der Waals surface area (Å²) in [4.78, 5) is 26.4. The van der Waals surface area contributed by atoms with Gasteiger partial charge in [0.1, 0.15) is 17.3 Å². The second kappa shape index (κ2) is 4.69. The van der Waals surface area contributed by atoms with Gasteiger partial charge in [0, 0.05) is 12.4 Å². The first kappa shape index (κ1) is 11.8. The van der Waals surface area contributed by atoms with E-state index in [1.165, 1.54) is 12.4 Å². The first-order valence-corrected chi connectivity index (χ1v) is 5.70. The van der Waals surface area contributed by atoms with Crippen LogP contribution in [-0.4, -0.2) is 29.6 Å². The van der Waals surface area contributed by atoms with Crippen molar-refractivity contribution in [1.29, 1.82) is 0 Å². The van der Waals surface area contributed by atoms with Crippen LogP contribution in [0.5, 0.6) is 5.75 Å². The monoisotopic (exact) mass is 297 g/mol. The predicted octanol–water partition coefficient (Wildman–Crippen LogP) is 1.38. The number of rotatable bonds is 2. The lowest BCUT2D eigenvalue weighted by atomic mass is 10.1. The largest absolute Gasteiger partial charge is 0.471 e. The highest BCUT2D eigenvalue weighted by Crippen LogP contribution is 2.40. The van der Waals surface area contributed by atoms with Gasteiger partial charge in [-0.05, 0) is 22.9 Å². The Kier molecular flexibility index (Phi) is 3.26. The van der Waals surface area contributed by atoms with Gasteiger partial charge in [-0.1, -0.05) is 0 Å². The summed E-state index contributed by atoms with van der Waals surface area (Å²) in [6.45, 7) is 1.91. The third-order valence-electron chi connectivity index (χ3n) is 2.25. The smallest absolute Gasteiger partial charge is 0.352 e. The van der Waals surface area contributed by atoms with Gasteiger partial charge in [-0.25, -0.2) is 9.59 Å². The standard InChI is InChI=1S/C11H8BrNO4/c1-2-16-11(15)10-7(5-14)6-3-13-4-8(12)9(6)17-10/h3-4,10H,2H2,1H3. The van der Waals surface area contributed by atoms with Crippen LogP contribution >= 0.6 is 15.9 Å². The van der Waals surface area contributed by atoms with Gasteiger partial charge >= 0.3 is 5.97 Å². The highest BCUT2D eigenvalue weighted by atomic mass is 79.9. The maximum Gasteiger partial charge on any atom is 0.352 e. The summed E-state index contributed by atoms with van der Waals surface area (Å²) in [5.41, 5.74) is 0.583. The van der Waals surface area contributed by atoms with E-state index in [0.29, 0.717) is 15.8 Å². The third kappa shape index (κ3) is 1.97. The van der Waals surface area contributed by atoms with E-state index in [1.807, 2.05) is 0 Å². The van der Waals surface area contributed by atoms with Gasteiger partial charge in [0.25, 0.3) is 0 Å². The molecular weight excluding hydrogens is 290 g/mol. The van der Waals surface area contributed by atoms with Crippen molar-refractivity contribution < 1.29 is 19.1 Å². The molecule has 0 spiro atoms. The van der Waals surface area contributed by atoms with Gasteiger partial charge in [-0.2, -0.15) is 0 Å². The molecule has 0 aliphatic carbocycles. The lowest BCUT2D eigenvalue weighted by Crippen LogP contribution is -2.27. The number of nitrogens with zero attached hydrogens (tertiary/aromatic N) is 1. The van der Waals surface area contributed by atoms with Crippen molar-refractivity contribution in [2.45, 2.75) is 13.0 Å². The number of ether oxygens (including phenoxy) is 2. The Bertz CT molecular complexity index is 522. The van der Waals surface area contributed by atoms with E-state index in [1.54, 1.807) is 12.9 Å². The van der Waals surface area contributed by atoms with Crippen LogP contribution in [0.15, 0.2) is 16.9 Å². The lowest BCUT2D eigenvalue weighted by molar-refractivity contribution is -0.148. The van der Waals surface area contributed by atoms with Crippen LogP contribution in [0.1, 0.15) is 12.5 Å². The van der Waals surface area contributed by atoms with Crippen LogP contribution in [0.25, 0.3) is 5.57 Å². The average Bonchev–Trinajstić information content (AvgIpc) is 2.69. The number of pyridine rings is 1. The van der Waals surface area contributed by atoms with E-state index in [9.17, 15) is 9.59 Å². The zero-order valence-electron chi connectivity index (χ0n) is 8.90. The first-order valence-electron chi connectivity index (χ1n) is 4.91. The van der Waals surface area contributed by atoms with Crippen LogP contribution in [0, 0.1) is 0 Å². The van der Waals surface area contributed by atoms with E-state index < -0.39 is 12.1 Å². The first-order chi connectivity index (χ1) is 8.19. The quantitative estimate of drug-likeness (QED) is 0.609. The second-order valence-electron chi connectivity index (χ2n) is 3.26. The molecule has 0 saturated carbocycles. The summed E-state index contributed by atoms with van der Waals surface area (Å²) in [5.74, 6) is 1.53. The SMILES string of the molecule is CCOC(=O)C1Oc2c(Br)cncc2C1=C=O. The van der Waals surface area contributed by atoms with Crippen LogP contribution in [0.2, 0.25) is 0 Å². The summed E-state index contributed by atoms with van der Waals surface area (Å²) < 4.78 is 10.8. The Morgan fingerprint density at radius 2 is 2.41 bits per heavy atom. The minimum absolute atomic E-state index is 0.118. The summed E-state index contributed by atoms with van der Waals surface area (Å²) in [5, 5.41) is 0. The van der Waals surface area contributed by atoms with Gasteiger partial charge in [0.2, 0.25) is 6.10 Å². The van der Waals surface area contributed by atoms with E-state index in [0.717, 1.165) is 0 Å². The molecule has 0 aromatic carbocycles. The van der Waals surface area contributed by atoms with E-state index >= 15 is 0 Å². The molecule has 1 aromatic heterocycles. The molecule has 0 bridgehead atoms. The summed E-state index contributed by atoms with van der Waals surface area (Å²) >= 11 is 3.24. The summed E-state index contributed by atoms with van der Waals surface area (Å²) in [6.07, 6.45) is 1.93. The molecule has 5 nitrogen and oxygen atoms in total. The minimum atomic E-state index is -1.05. The molecule has 1 aliphatic heterocycles. The maximum absolute atomic E-state index is 11.6. The Morgan fingerprint density at radius 1 is 1.65 bits per heavy atom. The van der Waals surface area contributed by atoms with Crippen molar-refractivity contribution in [2.24, 2.45) is 0 Å². The molecule has 0 fully saturated rings. The molecule has 2 rings (SSSR count). The van der Waals surface area contributed by atoms with Crippen LogP contribution < -0.4 is 4.74 Å². The second-order valence-corrected chi connectivity index (χ2v) is 4.12. The number of fused-ring (bicyclic) bond motifs is 1. The Morgan fingerprint density at radius 3 is 3.06 bits per heavy atom. The van der Waals surface area contributed by atoms with Crippen molar-refractivity contribution >= 4 is 33.4 Å². The Balaban J connectivity index is 2.42. The maximum atomic E-state index is 11.6. The molecular formula is C11H8BrNO4. The van der Waals surface area contributed by atoms with Crippen molar-refractivity contribution in [1.82, 2.24) is 4.98 Å². The topological polar surface area (TPSA) is 65.5 Å². The molecule has 88 valence electrons. The fraction of sp³-hybridized carbons (Fsp3) is 0.273. The zero-order valence-corrected chi connectivity index (χ0v) is 10.5. The van der Waals surface area contributed by atoms with Gasteiger partial charge in [-0.15, -0.1) is 0 Å². The molecule has 1 aromatic rings. The Hall–Kier alpha value is -1.65. The minimum Gasteiger partial charge on any atom is -0.471 e. The lowest BCUT2D eigenvalue weighted by Gasteiger charge is -2.09. The molecule has 17 heavy (non-hydrogen) atoms. The number of esters is 1. The van der Waals surface area contributed by atoms with Gasteiger partial charge in [0.15, 0.2) is 0 Å². The molecule has 0 amide bonds. The normalized spacial score (nSPS) is 17.1. The molecule has 6 heteroatoms. The van der Waals surface area contributed by atoms with Gasteiger partial charge in [-0.3, -0.25) is 4.98 Å². The van der Waals surface area contributed by atoms with Crippen molar-refractivity contribution in [3.05, 3.63) is 22.4 Å². The summed E-state index contributed by atoms with van der Waals surface area (Å²) in [6, 6.07) is 0. The van der Waals surface area contributed by atoms with Gasteiger partial charge < -0.3 is 9.47 Å². The van der Waals surface area contributed by atoms with Crippen molar-refractivity contribution in [3.63, 3.8) is 0 Å². The molecule has 0 radical (unpaired) electrons. The highest BCUT2D eigenvalue weighted by molar-refractivity contribution is 9.10. The Labute approximate surface area is 106 Å². The summed E-state index contributed by atoms with van der Waals surface area (Å²) in [7, 11) is 0. The zero-order chi connectivity index (χ0) is 12.4. The van der Waals surface area contributed by atoms with Crippen LogP contribution in [-0.2, 0) is 14.3 Å². The average molecular weight is 298 g/mol. The number of carbonyl (C=O) groups is 1. The third-order valence-corrected chi connectivity index (χ3v) is 2.82. The molecule has 0 N–H and O–H groups in total. The van der Waals surface area contributed by atoms with Crippen molar-refractivity contribution in [2.75, 3.05) is 6.61 Å². The van der Waals surface area contributed by atoms with E-state index in [2.05, 4.69) is 20.9 Å². The number of hydrogen-bond donors (Lipinski definition) is 0. The fourth-order valence-electron chi connectivity index (χ4n) is 1.55. The number of halogens is 1. The molecule has 1 atom stereocenters. The number of hydrogen-bond acceptors (Lipinski definition) is 5. The number of carbonyl (C=O) groups excluding carboxylic acids is 2. The molecule has 1 unspecified atom stereocenters. The highest BCUT2D eigenvalue weighted by Gasteiger charge is 2.38. The fourth-order valence-corrected chi connectivity index (χ4v) is 1.97. The molecule has 2 heterocycles. The molecule has 0 saturated heterocycles. The van der Waals surface area contributed by atoms with Crippen LogP contribution in [0.3, 0.4) is 0 Å². The van der Waals surface area contributed by atoms with Crippen LogP contribution in [0.4, 0.5) is 0 Å². The van der Waals surface area contributed by atoms with Crippen molar-refractivity contribution in [3.8, 4) is 5.75 Å². The predicted molar refractivity (Wildman–Crippen MR) is 62.1 cm³/mol.